The predicted octanol–water partition coefficient (Wildman–Crippen LogP) is 4.58. The van der Waals surface area contributed by atoms with Crippen LogP contribution in [0.1, 0.15) is 71.1 Å². The first kappa shape index (κ1) is 15.3. The van der Waals surface area contributed by atoms with Gasteiger partial charge in [-0.15, -0.1) is 0 Å². The number of nitrogens with zero attached hydrogens (tertiary/aromatic N) is 3. The fourth-order valence-corrected chi connectivity index (χ4v) is 3.18. The van der Waals surface area contributed by atoms with Crippen LogP contribution >= 0.6 is 0 Å². The van der Waals surface area contributed by atoms with Crippen LogP contribution in [0.3, 0.4) is 0 Å². The minimum Gasteiger partial charge on any atom is -0.390 e. The van der Waals surface area contributed by atoms with Crippen LogP contribution in [0.15, 0.2) is 5.11 Å². The van der Waals surface area contributed by atoms with E-state index in [1.54, 1.807) is 0 Å². The quantitative estimate of drug-likeness (QED) is 0.278. The van der Waals surface area contributed by atoms with Crippen molar-refractivity contribution in [3.05, 3.63) is 10.4 Å². The molecule has 0 bridgehead atoms. The van der Waals surface area contributed by atoms with Crippen molar-refractivity contribution in [2.75, 3.05) is 6.54 Å². The molecule has 1 N–H and O–H groups in total. The zero-order valence-electron chi connectivity index (χ0n) is 11.6. The number of aliphatic hydroxyl groups is 1. The van der Waals surface area contributed by atoms with Crippen LogP contribution in [-0.2, 0) is 0 Å². The number of hydrogen-bond donors (Lipinski definition) is 1. The van der Waals surface area contributed by atoms with Crippen molar-refractivity contribution < 1.29 is 5.11 Å². The molecule has 0 unspecified atom stereocenters. The van der Waals surface area contributed by atoms with Gasteiger partial charge in [0.1, 0.15) is 0 Å². The Morgan fingerprint density at radius 1 is 1.33 bits per heavy atom. The van der Waals surface area contributed by atoms with E-state index >= 15 is 0 Å². The van der Waals surface area contributed by atoms with Crippen LogP contribution < -0.4 is 0 Å². The summed E-state index contributed by atoms with van der Waals surface area (Å²) >= 11 is 0. The summed E-state index contributed by atoms with van der Waals surface area (Å²) in [5.41, 5.74) is 7.81. The van der Waals surface area contributed by atoms with Crippen molar-refractivity contribution in [1.29, 1.82) is 0 Å². The van der Waals surface area contributed by atoms with Crippen LogP contribution in [0.5, 0.6) is 0 Å². The molecule has 1 rings (SSSR count). The molecule has 1 aliphatic rings. The molecule has 1 fully saturated rings. The normalized spacial score (nSPS) is 27.1. The number of rotatable bonds is 9. The molecule has 0 aromatic carbocycles. The van der Waals surface area contributed by atoms with Crippen molar-refractivity contribution >= 4 is 0 Å². The van der Waals surface area contributed by atoms with Gasteiger partial charge in [0.25, 0.3) is 0 Å². The van der Waals surface area contributed by atoms with Gasteiger partial charge in [-0.25, -0.2) is 0 Å². The standard InChI is InChI=1S/C14H27N3O/c1-2-3-4-5-10-14(18)11-6-8-13(14)9-7-12-16-17-15/h13,18H,2-12H2,1H3/t13-,14-/m0/s1. The molecular weight excluding hydrogens is 226 g/mol. The zero-order chi connectivity index (χ0) is 13.3. The van der Waals surface area contributed by atoms with E-state index in [4.69, 9.17) is 5.53 Å². The summed E-state index contributed by atoms with van der Waals surface area (Å²) in [6, 6.07) is 0. The fourth-order valence-electron chi connectivity index (χ4n) is 3.18. The SMILES string of the molecule is CCCCCC[C@]1(O)CCC[C@H]1CCCN=[N+]=[N-]. The molecule has 0 amide bonds. The first-order valence-corrected chi connectivity index (χ1v) is 7.46. The van der Waals surface area contributed by atoms with E-state index in [-0.39, 0.29) is 0 Å². The molecule has 104 valence electrons. The average molecular weight is 253 g/mol. The summed E-state index contributed by atoms with van der Waals surface area (Å²) < 4.78 is 0. The van der Waals surface area contributed by atoms with Crippen molar-refractivity contribution in [2.45, 2.75) is 76.7 Å². The van der Waals surface area contributed by atoms with Gasteiger partial charge in [0.15, 0.2) is 0 Å². The van der Waals surface area contributed by atoms with Crippen LogP contribution in [0, 0.1) is 5.92 Å². The van der Waals surface area contributed by atoms with Crippen molar-refractivity contribution in [3.63, 3.8) is 0 Å². The molecule has 2 atom stereocenters. The van der Waals surface area contributed by atoms with E-state index in [0.717, 1.165) is 44.9 Å². The summed E-state index contributed by atoms with van der Waals surface area (Å²) in [5.74, 6) is 0.424. The van der Waals surface area contributed by atoms with Crippen molar-refractivity contribution in [3.8, 4) is 0 Å². The maximum absolute atomic E-state index is 10.7. The summed E-state index contributed by atoms with van der Waals surface area (Å²) in [7, 11) is 0. The average Bonchev–Trinajstić information content (AvgIpc) is 2.73. The Bertz CT molecular complexity index is 276. The van der Waals surface area contributed by atoms with Gasteiger partial charge >= 0.3 is 0 Å². The van der Waals surface area contributed by atoms with Gasteiger partial charge in [-0.1, -0.05) is 44.1 Å². The molecule has 0 aliphatic heterocycles. The monoisotopic (exact) mass is 253 g/mol. The summed E-state index contributed by atoms with van der Waals surface area (Å²) in [5, 5.41) is 14.3. The van der Waals surface area contributed by atoms with Crippen LogP contribution in [-0.4, -0.2) is 17.3 Å². The van der Waals surface area contributed by atoms with Crippen LogP contribution in [0.4, 0.5) is 0 Å². The highest BCUT2D eigenvalue weighted by Gasteiger charge is 2.39. The predicted molar refractivity (Wildman–Crippen MR) is 74.3 cm³/mol. The number of unbranched alkanes of at least 4 members (excludes halogenated alkanes) is 3. The molecule has 18 heavy (non-hydrogen) atoms. The van der Waals surface area contributed by atoms with E-state index in [2.05, 4.69) is 16.9 Å². The lowest BCUT2D eigenvalue weighted by Gasteiger charge is -2.30. The van der Waals surface area contributed by atoms with Gasteiger partial charge in [-0.3, -0.25) is 0 Å². The summed E-state index contributed by atoms with van der Waals surface area (Å²) in [6.45, 7) is 2.78. The van der Waals surface area contributed by atoms with Crippen LogP contribution in [0.25, 0.3) is 10.4 Å². The van der Waals surface area contributed by atoms with Gasteiger partial charge in [0.05, 0.1) is 5.60 Å². The second-order valence-electron chi connectivity index (χ2n) is 5.60. The summed E-state index contributed by atoms with van der Waals surface area (Å²) in [6.07, 6.45) is 11.0. The molecule has 0 spiro atoms. The van der Waals surface area contributed by atoms with Gasteiger partial charge in [-0.2, -0.15) is 0 Å². The van der Waals surface area contributed by atoms with Gasteiger partial charge in [0.2, 0.25) is 0 Å². The Balaban J connectivity index is 2.29. The minimum atomic E-state index is -0.426. The maximum atomic E-state index is 10.7. The van der Waals surface area contributed by atoms with Gasteiger partial charge < -0.3 is 5.11 Å². The van der Waals surface area contributed by atoms with Gasteiger partial charge in [0, 0.05) is 11.5 Å². The molecule has 0 saturated heterocycles. The molecule has 4 nitrogen and oxygen atoms in total. The third-order valence-corrected chi connectivity index (χ3v) is 4.26. The Morgan fingerprint density at radius 3 is 2.89 bits per heavy atom. The van der Waals surface area contributed by atoms with Crippen LogP contribution in [0.2, 0.25) is 0 Å². The Labute approximate surface area is 110 Å². The van der Waals surface area contributed by atoms with E-state index in [1.807, 2.05) is 0 Å². The van der Waals surface area contributed by atoms with Crippen molar-refractivity contribution in [1.82, 2.24) is 0 Å². The summed E-state index contributed by atoms with van der Waals surface area (Å²) in [4.78, 5) is 2.77. The Kier molecular flexibility index (Phi) is 7.14. The fraction of sp³-hybridized carbons (Fsp3) is 1.00. The van der Waals surface area contributed by atoms with E-state index < -0.39 is 5.60 Å². The second-order valence-corrected chi connectivity index (χ2v) is 5.60. The Morgan fingerprint density at radius 2 is 2.17 bits per heavy atom. The lowest BCUT2D eigenvalue weighted by Crippen LogP contribution is -2.33. The molecule has 4 heteroatoms. The highest BCUT2D eigenvalue weighted by Crippen LogP contribution is 2.41. The van der Waals surface area contributed by atoms with Crippen molar-refractivity contribution in [2.24, 2.45) is 11.0 Å². The topological polar surface area (TPSA) is 69.0 Å². The highest BCUT2D eigenvalue weighted by atomic mass is 16.3. The molecule has 1 aliphatic carbocycles. The molecule has 1 saturated carbocycles. The largest absolute Gasteiger partial charge is 0.390 e. The second kappa shape index (κ2) is 8.39. The smallest absolute Gasteiger partial charge is 0.0675 e. The number of azide groups is 1. The van der Waals surface area contributed by atoms with E-state index in [1.165, 1.54) is 19.3 Å². The van der Waals surface area contributed by atoms with E-state index in [9.17, 15) is 5.11 Å². The molecule has 0 radical (unpaired) electrons. The molecule has 0 aromatic rings. The lowest BCUT2D eigenvalue weighted by atomic mass is 9.83. The molecular formula is C14H27N3O. The minimum absolute atomic E-state index is 0.424. The third kappa shape index (κ3) is 4.87. The highest BCUT2D eigenvalue weighted by molar-refractivity contribution is 4.92. The molecule has 0 heterocycles. The lowest BCUT2D eigenvalue weighted by molar-refractivity contribution is -0.0111. The zero-order valence-corrected chi connectivity index (χ0v) is 11.6. The number of hydrogen-bond acceptors (Lipinski definition) is 2. The first-order valence-electron chi connectivity index (χ1n) is 7.46. The Hall–Kier alpha value is -0.730. The third-order valence-electron chi connectivity index (χ3n) is 4.26. The molecule has 0 aromatic heterocycles. The maximum Gasteiger partial charge on any atom is 0.0675 e. The first-order chi connectivity index (χ1) is 8.73. The van der Waals surface area contributed by atoms with Gasteiger partial charge in [-0.05, 0) is 43.6 Å². The van der Waals surface area contributed by atoms with E-state index in [0.29, 0.717) is 12.5 Å².